The van der Waals surface area contributed by atoms with Crippen molar-refractivity contribution in [3.8, 4) is 0 Å². The lowest BCUT2D eigenvalue weighted by Crippen LogP contribution is -2.57. The number of hydrogen-bond donors (Lipinski definition) is 3. The van der Waals surface area contributed by atoms with Crippen LogP contribution < -0.4 is 10.6 Å². The zero-order valence-corrected chi connectivity index (χ0v) is 12.3. The number of amides is 1. The molecule has 5 heteroatoms. The predicted molar refractivity (Wildman–Crippen MR) is 76.4 cm³/mol. The number of carboxylic acid groups (broad SMARTS) is 1. The molecule has 3 N–H and O–H groups in total. The Labute approximate surface area is 120 Å². The van der Waals surface area contributed by atoms with E-state index in [1.807, 2.05) is 0 Å². The Kier molecular flexibility index (Phi) is 5.02. The quantitative estimate of drug-likeness (QED) is 0.733. The maximum Gasteiger partial charge on any atom is 0.305 e. The second kappa shape index (κ2) is 6.57. The van der Waals surface area contributed by atoms with Gasteiger partial charge in [-0.05, 0) is 38.1 Å². The summed E-state index contributed by atoms with van der Waals surface area (Å²) in [6, 6.07) is -0.161. The Bertz CT molecular complexity index is 364. The Morgan fingerprint density at radius 3 is 2.60 bits per heavy atom. The summed E-state index contributed by atoms with van der Waals surface area (Å²) in [4.78, 5) is 23.5. The molecular weight excluding hydrogens is 256 g/mol. The molecule has 20 heavy (non-hydrogen) atoms. The Morgan fingerprint density at radius 1 is 1.30 bits per heavy atom. The lowest BCUT2D eigenvalue weighted by molar-refractivity contribution is -0.139. The SMILES string of the molecule is CC1CCNC(C(=O)NC2(CC(=O)O)CCCCC2)C1. The first-order valence-corrected chi connectivity index (χ1v) is 7.78. The molecule has 2 unspecified atom stereocenters. The molecule has 1 aliphatic carbocycles. The summed E-state index contributed by atoms with van der Waals surface area (Å²) in [5.74, 6) is -0.286. The average molecular weight is 282 g/mol. The Hall–Kier alpha value is -1.10. The van der Waals surface area contributed by atoms with Gasteiger partial charge >= 0.3 is 5.97 Å². The zero-order chi connectivity index (χ0) is 14.6. The van der Waals surface area contributed by atoms with Crippen molar-refractivity contribution in [3.63, 3.8) is 0 Å². The van der Waals surface area contributed by atoms with Crippen molar-refractivity contribution < 1.29 is 14.7 Å². The van der Waals surface area contributed by atoms with Crippen LogP contribution in [0.15, 0.2) is 0 Å². The number of carbonyl (C=O) groups is 2. The van der Waals surface area contributed by atoms with Gasteiger partial charge < -0.3 is 15.7 Å². The van der Waals surface area contributed by atoms with Gasteiger partial charge in [0.15, 0.2) is 0 Å². The van der Waals surface area contributed by atoms with Crippen LogP contribution >= 0.6 is 0 Å². The van der Waals surface area contributed by atoms with E-state index >= 15 is 0 Å². The first-order valence-electron chi connectivity index (χ1n) is 7.78. The number of aliphatic carboxylic acids is 1. The standard InChI is InChI=1S/C15H26N2O3/c1-11-5-8-16-12(9-11)14(20)17-15(10-13(18)19)6-3-2-4-7-15/h11-12,16H,2-10H2,1H3,(H,17,20)(H,18,19). The molecule has 1 amide bonds. The molecule has 0 bridgehead atoms. The maximum atomic E-state index is 12.4. The van der Waals surface area contributed by atoms with Crippen molar-refractivity contribution in [2.75, 3.05) is 6.54 Å². The molecule has 2 fully saturated rings. The third-order valence-electron chi connectivity index (χ3n) is 4.67. The van der Waals surface area contributed by atoms with Crippen LogP contribution in [0.5, 0.6) is 0 Å². The van der Waals surface area contributed by atoms with Crippen molar-refractivity contribution in [3.05, 3.63) is 0 Å². The fraction of sp³-hybridized carbons (Fsp3) is 0.867. The van der Waals surface area contributed by atoms with Gasteiger partial charge in [-0.15, -0.1) is 0 Å². The van der Waals surface area contributed by atoms with Crippen molar-refractivity contribution in [1.82, 2.24) is 10.6 Å². The number of carboxylic acids is 1. The summed E-state index contributed by atoms with van der Waals surface area (Å²) in [6.45, 7) is 3.03. The van der Waals surface area contributed by atoms with E-state index < -0.39 is 11.5 Å². The van der Waals surface area contributed by atoms with E-state index in [1.54, 1.807) is 0 Å². The summed E-state index contributed by atoms with van der Waals surface area (Å²) in [5, 5.41) is 15.5. The Morgan fingerprint density at radius 2 is 2.00 bits per heavy atom. The second-order valence-corrected chi connectivity index (χ2v) is 6.54. The highest BCUT2D eigenvalue weighted by Gasteiger charge is 2.37. The van der Waals surface area contributed by atoms with E-state index in [2.05, 4.69) is 17.6 Å². The molecule has 0 aromatic rings. The summed E-state index contributed by atoms with van der Waals surface area (Å²) in [7, 11) is 0. The van der Waals surface area contributed by atoms with Crippen molar-refractivity contribution >= 4 is 11.9 Å². The minimum Gasteiger partial charge on any atom is -0.481 e. The average Bonchev–Trinajstić information content (AvgIpc) is 2.38. The molecule has 0 radical (unpaired) electrons. The van der Waals surface area contributed by atoms with E-state index in [0.717, 1.165) is 51.5 Å². The highest BCUT2D eigenvalue weighted by Crippen LogP contribution is 2.31. The van der Waals surface area contributed by atoms with Crippen LogP contribution in [0, 0.1) is 5.92 Å². The molecule has 0 aromatic carbocycles. The maximum absolute atomic E-state index is 12.4. The van der Waals surface area contributed by atoms with Crippen LogP contribution in [0.1, 0.15) is 58.3 Å². The van der Waals surface area contributed by atoms with Gasteiger partial charge in [0.05, 0.1) is 18.0 Å². The van der Waals surface area contributed by atoms with Crippen LogP contribution in [0.25, 0.3) is 0 Å². The van der Waals surface area contributed by atoms with Crippen LogP contribution in [0.4, 0.5) is 0 Å². The number of nitrogens with one attached hydrogen (secondary N) is 2. The smallest absolute Gasteiger partial charge is 0.305 e. The number of piperidine rings is 1. The van der Waals surface area contributed by atoms with Crippen LogP contribution in [-0.4, -0.2) is 35.1 Å². The molecule has 0 aromatic heterocycles. The molecule has 1 saturated heterocycles. The third kappa shape index (κ3) is 3.95. The molecule has 5 nitrogen and oxygen atoms in total. The normalized spacial score (nSPS) is 29.6. The van der Waals surface area contributed by atoms with Gasteiger partial charge in [0, 0.05) is 0 Å². The van der Waals surface area contributed by atoms with Crippen LogP contribution in [0.3, 0.4) is 0 Å². The third-order valence-corrected chi connectivity index (χ3v) is 4.67. The highest BCUT2D eigenvalue weighted by atomic mass is 16.4. The molecular formula is C15H26N2O3. The number of hydrogen-bond acceptors (Lipinski definition) is 3. The van der Waals surface area contributed by atoms with Gasteiger partial charge in [-0.1, -0.05) is 26.2 Å². The van der Waals surface area contributed by atoms with Crippen LogP contribution in [0.2, 0.25) is 0 Å². The van der Waals surface area contributed by atoms with Gasteiger partial charge in [-0.3, -0.25) is 9.59 Å². The lowest BCUT2D eigenvalue weighted by atomic mass is 9.79. The van der Waals surface area contributed by atoms with E-state index in [9.17, 15) is 9.59 Å². The minimum atomic E-state index is -0.822. The summed E-state index contributed by atoms with van der Waals surface area (Å²) >= 11 is 0. The second-order valence-electron chi connectivity index (χ2n) is 6.54. The highest BCUT2D eigenvalue weighted by molar-refractivity contribution is 5.83. The van der Waals surface area contributed by atoms with E-state index in [1.165, 1.54) is 0 Å². The molecule has 0 spiro atoms. The van der Waals surface area contributed by atoms with Gasteiger partial charge in [-0.25, -0.2) is 0 Å². The van der Waals surface area contributed by atoms with Gasteiger partial charge in [-0.2, -0.15) is 0 Å². The van der Waals surface area contributed by atoms with Gasteiger partial charge in [0.1, 0.15) is 0 Å². The van der Waals surface area contributed by atoms with Crippen molar-refractivity contribution in [2.24, 2.45) is 5.92 Å². The summed E-state index contributed by atoms with van der Waals surface area (Å²) < 4.78 is 0. The van der Waals surface area contributed by atoms with Gasteiger partial charge in [0.2, 0.25) is 5.91 Å². The lowest BCUT2D eigenvalue weighted by Gasteiger charge is -2.39. The van der Waals surface area contributed by atoms with E-state index in [4.69, 9.17) is 5.11 Å². The fourth-order valence-electron chi connectivity index (χ4n) is 3.52. The monoisotopic (exact) mass is 282 g/mol. The topological polar surface area (TPSA) is 78.4 Å². The fourth-order valence-corrected chi connectivity index (χ4v) is 3.52. The van der Waals surface area contributed by atoms with E-state index in [0.29, 0.717) is 5.92 Å². The number of rotatable bonds is 4. The molecule has 1 heterocycles. The molecule has 1 aliphatic heterocycles. The molecule has 114 valence electrons. The summed E-state index contributed by atoms with van der Waals surface area (Å²) in [5.41, 5.74) is -0.524. The molecule has 2 aliphatic rings. The van der Waals surface area contributed by atoms with Crippen molar-refractivity contribution in [2.45, 2.75) is 69.9 Å². The molecule has 2 rings (SSSR count). The molecule has 1 saturated carbocycles. The number of carbonyl (C=O) groups excluding carboxylic acids is 1. The predicted octanol–water partition coefficient (Wildman–Crippen LogP) is 1.67. The van der Waals surface area contributed by atoms with Crippen LogP contribution in [-0.2, 0) is 9.59 Å². The largest absolute Gasteiger partial charge is 0.481 e. The first-order chi connectivity index (χ1) is 9.51. The zero-order valence-electron chi connectivity index (χ0n) is 12.3. The Balaban J connectivity index is 1.99. The van der Waals surface area contributed by atoms with Crippen molar-refractivity contribution in [1.29, 1.82) is 0 Å². The summed E-state index contributed by atoms with van der Waals surface area (Å²) in [6.07, 6.45) is 6.70. The first kappa shape index (κ1) is 15.3. The van der Waals surface area contributed by atoms with Gasteiger partial charge in [0.25, 0.3) is 0 Å². The minimum absolute atomic E-state index is 0.0142. The molecule has 2 atom stereocenters. The van der Waals surface area contributed by atoms with E-state index in [-0.39, 0.29) is 18.4 Å².